The molecule has 20 heavy (non-hydrogen) atoms. The van der Waals surface area contributed by atoms with E-state index in [2.05, 4.69) is 37.3 Å². The van der Waals surface area contributed by atoms with Crippen LogP contribution in [0, 0.1) is 6.92 Å². The molecule has 0 atom stereocenters. The maximum Gasteiger partial charge on any atom is 0.307 e. The summed E-state index contributed by atoms with van der Waals surface area (Å²) in [6.07, 6.45) is 2.31. The summed E-state index contributed by atoms with van der Waals surface area (Å²) in [5.74, 6) is -0.765. The van der Waals surface area contributed by atoms with Gasteiger partial charge < -0.3 is 5.11 Å². The molecular weight excluding hydrogens is 248 g/mol. The lowest BCUT2D eigenvalue weighted by molar-refractivity contribution is -0.136. The Balaban J connectivity index is 2.09. The van der Waals surface area contributed by atoms with E-state index in [0.29, 0.717) is 0 Å². The molecule has 1 N–H and O–H groups in total. The first-order valence-electron chi connectivity index (χ1n) is 6.99. The van der Waals surface area contributed by atoms with Crippen molar-refractivity contribution in [1.82, 2.24) is 0 Å². The summed E-state index contributed by atoms with van der Waals surface area (Å²) in [4.78, 5) is 11.1. The predicted octanol–water partition coefficient (Wildman–Crippen LogP) is 3.70. The largest absolute Gasteiger partial charge is 0.481 e. The van der Waals surface area contributed by atoms with E-state index in [1.165, 1.54) is 16.7 Å². The molecule has 0 bridgehead atoms. The molecule has 2 aromatic carbocycles. The van der Waals surface area contributed by atoms with E-state index in [0.717, 1.165) is 18.4 Å². The van der Waals surface area contributed by atoms with Crippen LogP contribution in [0.3, 0.4) is 0 Å². The molecule has 2 heteroatoms. The molecule has 1 fully saturated rings. The lowest BCUT2D eigenvalue weighted by Gasteiger charge is -2.20. The van der Waals surface area contributed by atoms with Crippen molar-refractivity contribution in [2.45, 2.75) is 31.6 Å². The van der Waals surface area contributed by atoms with Crippen LogP contribution in [0.15, 0.2) is 48.5 Å². The van der Waals surface area contributed by atoms with Crippen molar-refractivity contribution in [3.8, 4) is 0 Å². The molecule has 1 saturated carbocycles. The molecule has 3 rings (SSSR count). The maximum absolute atomic E-state index is 11.1. The number of rotatable bonds is 4. The molecule has 2 nitrogen and oxygen atoms in total. The van der Waals surface area contributed by atoms with E-state index >= 15 is 0 Å². The van der Waals surface area contributed by atoms with Crippen LogP contribution in [0.1, 0.15) is 35.1 Å². The van der Waals surface area contributed by atoms with Crippen molar-refractivity contribution < 1.29 is 9.90 Å². The van der Waals surface area contributed by atoms with E-state index in [1.807, 2.05) is 18.2 Å². The molecule has 1 aliphatic carbocycles. The summed E-state index contributed by atoms with van der Waals surface area (Å²) in [7, 11) is 0. The maximum atomic E-state index is 11.1. The average molecular weight is 266 g/mol. The van der Waals surface area contributed by atoms with Gasteiger partial charge in [0.2, 0.25) is 0 Å². The summed E-state index contributed by atoms with van der Waals surface area (Å²) < 4.78 is 0. The van der Waals surface area contributed by atoms with E-state index in [9.17, 15) is 4.79 Å². The van der Waals surface area contributed by atoms with Gasteiger partial charge >= 0.3 is 5.97 Å². The lowest BCUT2D eigenvalue weighted by atomic mass is 9.83. The quantitative estimate of drug-likeness (QED) is 0.916. The van der Waals surface area contributed by atoms with Gasteiger partial charge in [0.05, 0.1) is 6.42 Å². The first-order chi connectivity index (χ1) is 9.62. The van der Waals surface area contributed by atoms with Gasteiger partial charge in [-0.25, -0.2) is 0 Å². The topological polar surface area (TPSA) is 37.3 Å². The number of benzene rings is 2. The minimum atomic E-state index is -0.765. The van der Waals surface area contributed by atoms with Crippen LogP contribution in [0.25, 0.3) is 0 Å². The summed E-state index contributed by atoms with van der Waals surface area (Å²) in [6, 6.07) is 16.6. The molecular formula is C18H18O2. The number of aliphatic carboxylic acids is 1. The zero-order valence-electron chi connectivity index (χ0n) is 11.6. The lowest BCUT2D eigenvalue weighted by Crippen LogP contribution is -2.14. The molecule has 0 radical (unpaired) electrons. The fourth-order valence-electron chi connectivity index (χ4n) is 3.05. The smallest absolute Gasteiger partial charge is 0.307 e. The number of carbonyl (C=O) groups is 1. The standard InChI is InChI=1S/C18H18O2/c1-13-7-8-14(12-17(19)20)16(11-13)18(9-10-18)15-5-3-2-4-6-15/h2-8,11H,9-10,12H2,1H3,(H,19,20). The Morgan fingerprint density at radius 3 is 2.45 bits per heavy atom. The number of carboxylic acid groups (broad SMARTS) is 1. The second-order valence-electron chi connectivity index (χ2n) is 5.68. The van der Waals surface area contributed by atoms with Gasteiger partial charge in [-0.15, -0.1) is 0 Å². The monoisotopic (exact) mass is 266 g/mol. The molecule has 0 saturated heterocycles. The SMILES string of the molecule is Cc1ccc(CC(=O)O)c(C2(c3ccccc3)CC2)c1. The fourth-order valence-corrected chi connectivity index (χ4v) is 3.05. The zero-order valence-corrected chi connectivity index (χ0v) is 11.6. The van der Waals surface area contributed by atoms with Gasteiger partial charge in [0.25, 0.3) is 0 Å². The van der Waals surface area contributed by atoms with Gasteiger partial charge in [-0.1, -0.05) is 54.1 Å². The van der Waals surface area contributed by atoms with Gasteiger partial charge in [0.15, 0.2) is 0 Å². The molecule has 102 valence electrons. The summed E-state index contributed by atoms with van der Waals surface area (Å²) in [6.45, 7) is 2.06. The second-order valence-corrected chi connectivity index (χ2v) is 5.68. The highest BCUT2D eigenvalue weighted by Gasteiger charge is 2.46. The zero-order chi connectivity index (χ0) is 14.2. The van der Waals surface area contributed by atoms with Crippen LogP contribution in [0.2, 0.25) is 0 Å². The molecule has 1 aliphatic rings. The Morgan fingerprint density at radius 1 is 1.15 bits per heavy atom. The number of aryl methyl sites for hydroxylation is 1. The molecule has 0 aliphatic heterocycles. The fraction of sp³-hybridized carbons (Fsp3) is 0.278. The predicted molar refractivity (Wildman–Crippen MR) is 79.0 cm³/mol. The van der Waals surface area contributed by atoms with E-state index in [1.54, 1.807) is 0 Å². The molecule has 0 amide bonds. The highest BCUT2D eigenvalue weighted by atomic mass is 16.4. The third-order valence-electron chi connectivity index (χ3n) is 4.20. The Morgan fingerprint density at radius 2 is 1.85 bits per heavy atom. The third kappa shape index (κ3) is 2.22. The van der Waals surface area contributed by atoms with Crippen LogP contribution in [-0.4, -0.2) is 11.1 Å². The molecule has 2 aromatic rings. The Hall–Kier alpha value is -2.09. The highest BCUT2D eigenvalue weighted by molar-refractivity contribution is 5.71. The normalized spacial score (nSPS) is 15.8. The van der Waals surface area contributed by atoms with Crippen molar-refractivity contribution in [2.75, 3.05) is 0 Å². The minimum Gasteiger partial charge on any atom is -0.481 e. The van der Waals surface area contributed by atoms with Crippen LogP contribution < -0.4 is 0 Å². The first-order valence-corrected chi connectivity index (χ1v) is 6.99. The molecule has 0 spiro atoms. The highest BCUT2D eigenvalue weighted by Crippen LogP contribution is 2.54. The number of hydrogen-bond donors (Lipinski definition) is 1. The number of hydrogen-bond acceptors (Lipinski definition) is 1. The average Bonchev–Trinajstić information content (AvgIpc) is 3.23. The van der Waals surface area contributed by atoms with E-state index < -0.39 is 5.97 Å². The Kier molecular flexibility index (Phi) is 3.09. The Bertz CT molecular complexity index is 640. The van der Waals surface area contributed by atoms with Crippen molar-refractivity contribution in [3.05, 3.63) is 70.8 Å². The van der Waals surface area contributed by atoms with E-state index in [-0.39, 0.29) is 11.8 Å². The van der Waals surface area contributed by atoms with Gasteiger partial charge in [0, 0.05) is 5.41 Å². The van der Waals surface area contributed by atoms with Crippen LogP contribution >= 0.6 is 0 Å². The van der Waals surface area contributed by atoms with Crippen molar-refractivity contribution in [2.24, 2.45) is 0 Å². The van der Waals surface area contributed by atoms with Gasteiger partial charge in [-0.2, -0.15) is 0 Å². The molecule has 0 aromatic heterocycles. The molecule has 0 unspecified atom stereocenters. The van der Waals surface area contributed by atoms with Crippen LogP contribution in [-0.2, 0) is 16.6 Å². The first kappa shape index (κ1) is 12.9. The van der Waals surface area contributed by atoms with Gasteiger partial charge in [-0.3, -0.25) is 4.79 Å². The Labute approximate surface area is 119 Å². The van der Waals surface area contributed by atoms with Gasteiger partial charge in [0.1, 0.15) is 0 Å². The molecule has 0 heterocycles. The van der Waals surface area contributed by atoms with E-state index in [4.69, 9.17) is 5.11 Å². The number of carboxylic acids is 1. The minimum absolute atomic E-state index is 0.0397. The van der Waals surface area contributed by atoms with Crippen molar-refractivity contribution >= 4 is 5.97 Å². The van der Waals surface area contributed by atoms with Crippen molar-refractivity contribution in [3.63, 3.8) is 0 Å². The van der Waals surface area contributed by atoms with Gasteiger partial charge in [-0.05, 0) is 36.5 Å². The summed E-state index contributed by atoms with van der Waals surface area (Å²) in [5, 5.41) is 9.12. The summed E-state index contributed by atoms with van der Waals surface area (Å²) in [5.41, 5.74) is 4.68. The third-order valence-corrected chi connectivity index (χ3v) is 4.20. The van der Waals surface area contributed by atoms with Crippen molar-refractivity contribution in [1.29, 1.82) is 0 Å². The summed E-state index contributed by atoms with van der Waals surface area (Å²) >= 11 is 0. The second kappa shape index (κ2) is 4.78. The van der Waals surface area contributed by atoms with Crippen LogP contribution in [0.4, 0.5) is 0 Å². The van der Waals surface area contributed by atoms with Crippen LogP contribution in [0.5, 0.6) is 0 Å².